The monoisotopic (exact) mass is 313 g/mol. The van der Waals surface area contributed by atoms with E-state index in [1.165, 1.54) is 16.0 Å². The van der Waals surface area contributed by atoms with Gasteiger partial charge >= 0.3 is 0 Å². The largest absolute Gasteiger partial charge is 0.350 e. The lowest BCUT2D eigenvalue weighted by Gasteiger charge is -2.14. The van der Waals surface area contributed by atoms with Crippen molar-refractivity contribution in [2.24, 2.45) is 0 Å². The molecule has 0 fully saturated rings. The van der Waals surface area contributed by atoms with Crippen molar-refractivity contribution in [2.45, 2.75) is 38.1 Å². The number of amides is 1. The summed E-state index contributed by atoms with van der Waals surface area (Å²) in [7, 11) is 0. The predicted molar refractivity (Wildman–Crippen MR) is 94.3 cm³/mol. The Morgan fingerprint density at radius 1 is 1.09 bits per heavy atom. The number of hydrogen-bond acceptors (Lipinski definition) is 2. The van der Waals surface area contributed by atoms with Gasteiger partial charge in [-0.15, -0.1) is 11.8 Å². The number of rotatable bonds is 6. The van der Waals surface area contributed by atoms with Crippen molar-refractivity contribution >= 4 is 17.7 Å². The van der Waals surface area contributed by atoms with Gasteiger partial charge in [-0.2, -0.15) is 0 Å². The average molecular weight is 313 g/mol. The molecule has 3 heteroatoms. The zero-order valence-electron chi connectivity index (χ0n) is 13.4. The zero-order chi connectivity index (χ0) is 15.9. The molecule has 22 heavy (non-hydrogen) atoms. The van der Waals surface area contributed by atoms with Gasteiger partial charge in [0.05, 0.1) is 6.04 Å². The molecule has 1 N–H and O–H groups in total. The summed E-state index contributed by atoms with van der Waals surface area (Å²) in [4.78, 5) is 13.2. The molecule has 2 aromatic rings. The van der Waals surface area contributed by atoms with Crippen LogP contribution in [0.5, 0.6) is 0 Å². The highest BCUT2D eigenvalue weighted by atomic mass is 32.2. The van der Waals surface area contributed by atoms with Crippen LogP contribution in [-0.4, -0.2) is 11.7 Å². The SMILES string of the molecule is Cc1ccc(SCCC(=O)N[C@@H](C)c2ccccc2)cc1C. The standard InChI is InChI=1S/C19H23NOS/c1-14-9-10-18(13-15(14)2)22-12-11-19(21)20-16(3)17-7-5-4-6-8-17/h4-10,13,16H,11-12H2,1-3H3,(H,20,21)/t16-/m0/s1. The Morgan fingerprint density at radius 2 is 1.82 bits per heavy atom. The van der Waals surface area contributed by atoms with Crippen LogP contribution in [0.2, 0.25) is 0 Å². The minimum atomic E-state index is 0.0559. The van der Waals surface area contributed by atoms with Crippen LogP contribution in [0.4, 0.5) is 0 Å². The van der Waals surface area contributed by atoms with Crippen LogP contribution in [0.1, 0.15) is 36.1 Å². The number of aryl methyl sites for hydroxylation is 2. The Morgan fingerprint density at radius 3 is 2.50 bits per heavy atom. The van der Waals surface area contributed by atoms with Gasteiger partial charge in [0.15, 0.2) is 0 Å². The number of nitrogens with one attached hydrogen (secondary N) is 1. The van der Waals surface area contributed by atoms with E-state index in [4.69, 9.17) is 0 Å². The van der Waals surface area contributed by atoms with Crippen molar-refractivity contribution in [3.8, 4) is 0 Å². The minimum absolute atomic E-state index is 0.0559. The molecular weight excluding hydrogens is 290 g/mol. The maximum atomic E-state index is 12.0. The van der Waals surface area contributed by atoms with Gasteiger partial charge in [0.25, 0.3) is 0 Å². The quantitative estimate of drug-likeness (QED) is 0.786. The van der Waals surface area contributed by atoms with E-state index in [1.807, 2.05) is 37.3 Å². The molecule has 0 aliphatic heterocycles. The molecule has 0 aromatic heterocycles. The van der Waals surface area contributed by atoms with E-state index in [0.717, 1.165) is 11.3 Å². The predicted octanol–water partition coefficient (Wildman–Crippen LogP) is 4.66. The lowest BCUT2D eigenvalue weighted by molar-refractivity contribution is -0.121. The molecular formula is C19H23NOS. The first-order valence-corrected chi connectivity index (χ1v) is 8.59. The number of benzene rings is 2. The highest BCUT2D eigenvalue weighted by Crippen LogP contribution is 2.21. The molecule has 0 spiro atoms. The van der Waals surface area contributed by atoms with E-state index < -0.39 is 0 Å². The fourth-order valence-corrected chi connectivity index (χ4v) is 3.15. The third-order valence-corrected chi connectivity index (χ3v) is 4.75. The van der Waals surface area contributed by atoms with Gasteiger partial charge in [-0.1, -0.05) is 36.4 Å². The zero-order valence-corrected chi connectivity index (χ0v) is 14.2. The lowest BCUT2D eigenvalue weighted by atomic mass is 10.1. The van der Waals surface area contributed by atoms with Gasteiger partial charge in [-0.3, -0.25) is 4.79 Å². The van der Waals surface area contributed by atoms with Crippen molar-refractivity contribution < 1.29 is 4.79 Å². The molecule has 116 valence electrons. The van der Waals surface area contributed by atoms with Crippen molar-refractivity contribution in [1.82, 2.24) is 5.32 Å². The van der Waals surface area contributed by atoms with Crippen LogP contribution < -0.4 is 5.32 Å². The van der Waals surface area contributed by atoms with Crippen LogP contribution in [0.25, 0.3) is 0 Å². The fraction of sp³-hybridized carbons (Fsp3) is 0.316. The van der Waals surface area contributed by atoms with Gasteiger partial charge < -0.3 is 5.32 Å². The molecule has 0 saturated heterocycles. The van der Waals surface area contributed by atoms with E-state index in [-0.39, 0.29) is 11.9 Å². The van der Waals surface area contributed by atoms with Crippen molar-refractivity contribution in [3.63, 3.8) is 0 Å². The molecule has 0 unspecified atom stereocenters. The van der Waals surface area contributed by atoms with Gasteiger partial charge in [0, 0.05) is 17.1 Å². The molecule has 0 aliphatic carbocycles. The minimum Gasteiger partial charge on any atom is -0.350 e. The first-order valence-electron chi connectivity index (χ1n) is 7.60. The molecule has 0 aliphatic rings. The molecule has 1 amide bonds. The second-order valence-corrected chi connectivity index (χ2v) is 6.71. The summed E-state index contributed by atoms with van der Waals surface area (Å²) in [6.45, 7) is 6.25. The molecule has 2 aromatic carbocycles. The summed E-state index contributed by atoms with van der Waals surface area (Å²) in [5.74, 6) is 0.906. The van der Waals surface area contributed by atoms with E-state index in [2.05, 4.69) is 37.4 Å². The second kappa shape index (κ2) is 8.04. The smallest absolute Gasteiger partial charge is 0.221 e. The van der Waals surface area contributed by atoms with Crippen molar-refractivity contribution in [3.05, 3.63) is 65.2 Å². The van der Waals surface area contributed by atoms with Gasteiger partial charge in [0.2, 0.25) is 5.91 Å². The Bertz CT molecular complexity index is 625. The first kappa shape index (κ1) is 16.6. The van der Waals surface area contributed by atoms with Gasteiger partial charge in [0.1, 0.15) is 0 Å². The number of carbonyl (C=O) groups is 1. The summed E-state index contributed by atoms with van der Waals surface area (Å²) < 4.78 is 0. The third kappa shape index (κ3) is 4.92. The van der Waals surface area contributed by atoms with Crippen LogP contribution in [0, 0.1) is 13.8 Å². The van der Waals surface area contributed by atoms with E-state index in [9.17, 15) is 4.79 Å². The highest BCUT2D eigenvalue weighted by Gasteiger charge is 2.09. The second-order valence-electron chi connectivity index (χ2n) is 5.54. The maximum Gasteiger partial charge on any atom is 0.221 e. The maximum absolute atomic E-state index is 12.0. The molecule has 2 nitrogen and oxygen atoms in total. The van der Waals surface area contributed by atoms with E-state index >= 15 is 0 Å². The van der Waals surface area contributed by atoms with E-state index in [0.29, 0.717) is 6.42 Å². The normalized spacial score (nSPS) is 12.0. The summed E-state index contributed by atoms with van der Waals surface area (Å²) in [6, 6.07) is 16.5. The molecule has 0 bridgehead atoms. The molecule has 2 rings (SSSR count). The Balaban J connectivity index is 1.77. The lowest BCUT2D eigenvalue weighted by Crippen LogP contribution is -2.26. The number of hydrogen-bond donors (Lipinski definition) is 1. The Labute approximate surface area is 137 Å². The van der Waals surface area contributed by atoms with Crippen LogP contribution in [0.15, 0.2) is 53.4 Å². The van der Waals surface area contributed by atoms with Crippen LogP contribution >= 0.6 is 11.8 Å². The fourth-order valence-electron chi connectivity index (χ4n) is 2.20. The van der Waals surface area contributed by atoms with E-state index in [1.54, 1.807) is 11.8 Å². The first-order chi connectivity index (χ1) is 10.6. The number of thioether (sulfide) groups is 1. The Hall–Kier alpha value is -1.74. The third-order valence-electron chi connectivity index (χ3n) is 3.75. The molecule has 0 heterocycles. The summed E-state index contributed by atoms with van der Waals surface area (Å²) in [6.07, 6.45) is 0.536. The van der Waals surface area contributed by atoms with Gasteiger partial charge in [-0.25, -0.2) is 0 Å². The highest BCUT2D eigenvalue weighted by molar-refractivity contribution is 7.99. The summed E-state index contributed by atoms with van der Waals surface area (Å²) in [5, 5.41) is 3.05. The molecule has 1 atom stereocenters. The average Bonchev–Trinajstić information content (AvgIpc) is 2.51. The molecule has 0 radical (unpaired) electrons. The van der Waals surface area contributed by atoms with Crippen LogP contribution in [-0.2, 0) is 4.79 Å². The number of carbonyl (C=O) groups excluding carboxylic acids is 1. The van der Waals surface area contributed by atoms with Crippen molar-refractivity contribution in [1.29, 1.82) is 0 Å². The summed E-state index contributed by atoms with van der Waals surface area (Å²) in [5.41, 5.74) is 3.74. The Kier molecular flexibility index (Phi) is 6.08. The van der Waals surface area contributed by atoms with Crippen LogP contribution in [0.3, 0.4) is 0 Å². The topological polar surface area (TPSA) is 29.1 Å². The van der Waals surface area contributed by atoms with Gasteiger partial charge in [-0.05, 0) is 49.6 Å². The molecule has 0 saturated carbocycles. The van der Waals surface area contributed by atoms with Crippen molar-refractivity contribution in [2.75, 3.05) is 5.75 Å². The summed E-state index contributed by atoms with van der Waals surface area (Å²) >= 11 is 1.73.